The SMILES string of the molecule is Cc1ccc(COc2ccc(Sc3ccc(O)cc3)c(N)c2)cc1. The van der Waals surface area contributed by atoms with Crippen LogP contribution < -0.4 is 10.5 Å². The first-order chi connectivity index (χ1) is 11.6. The predicted octanol–water partition coefficient (Wildman–Crippen LogP) is 5.01. The number of phenols is 1. The Morgan fingerprint density at radius 1 is 0.958 bits per heavy atom. The first-order valence-corrected chi connectivity index (χ1v) is 8.46. The summed E-state index contributed by atoms with van der Waals surface area (Å²) in [5.74, 6) is 1.01. The van der Waals surface area contributed by atoms with E-state index in [9.17, 15) is 5.11 Å². The zero-order valence-corrected chi connectivity index (χ0v) is 14.2. The quantitative estimate of drug-likeness (QED) is 0.642. The Morgan fingerprint density at radius 3 is 2.33 bits per heavy atom. The van der Waals surface area contributed by atoms with E-state index in [4.69, 9.17) is 10.5 Å². The van der Waals surface area contributed by atoms with Crippen LogP contribution in [-0.4, -0.2) is 5.11 Å². The normalized spacial score (nSPS) is 10.5. The minimum Gasteiger partial charge on any atom is -0.508 e. The maximum Gasteiger partial charge on any atom is 0.121 e. The van der Waals surface area contributed by atoms with E-state index in [1.165, 1.54) is 5.56 Å². The molecule has 3 N–H and O–H groups in total. The molecular weight excluding hydrogens is 318 g/mol. The summed E-state index contributed by atoms with van der Waals surface area (Å²) in [5, 5.41) is 9.33. The summed E-state index contributed by atoms with van der Waals surface area (Å²) in [6.45, 7) is 2.58. The van der Waals surface area contributed by atoms with Crippen molar-refractivity contribution in [3.05, 3.63) is 77.9 Å². The second kappa shape index (κ2) is 7.32. The standard InChI is InChI=1S/C20H19NO2S/c1-14-2-4-15(5-3-14)13-23-17-8-11-20(19(21)12-17)24-18-9-6-16(22)7-10-18/h2-12,22H,13,21H2,1H3. The number of aromatic hydroxyl groups is 1. The van der Waals surface area contributed by atoms with E-state index in [1.807, 2.05) is 30.3 Å². The first kappa shape index (κ1) is 16.3. The minimum absolute atomic E-state index is 0.257. The second-order valence-corrected chi connectivity index (χ2v) is 6.69. The van der Waals surface area contributed by atoms with Crippen LogP contribution in [0.4, 0.5) is 5.69 Å². The van der Waals surface area contributed by atoms with Crippen molar-refractivity contribution in [1.29, 1.82) is 0 Å². The van der Waals surface area contributed by atoms with E-state index in [2.05, 4.69) is 31.2 Å². The highest BCUT2D eigenvalue weighted by Gasteiger charge is 2.05. The van der Waals surface area contributed by atoms with Crippen molar-refractivity contribution in [3.63, 3.8) is 0 Å². The molecular formula is C20H19NO2S. The maximum absolute atomic E-state index is 9.33. The summed E-state index contributed by atoms with van der Waals surface area (Å²) in [6, 6.07) is 21.1. The van der Waals surface area contributed by atoms with Crippen molar-refractivity contribution < 1.29 is 9.84 Å². The van der Waals surface area contributed by atoms with E-state index in [1.54, 1.807) is 23.9 Å². The van der Waals surface area contributed by atoms with Gasteiger partial charge in [-0.1, -0.05) is 41.6 Å². The van der Waals surface area contributed by atoms with Crippen LogP contribution >= 0.6 is 11.8 Å². The van der Waals surface area contributed by atoms with Gasteiger partial charge >= 0.3 is 0 Å². The Hall–Kier alpha value is -2.59. The maximum atomic E-state index is 9.33. The molecule has 0 aromatic heterocycles. The molecule has 24 heavy (non-hydrogen) atoms. The number of nitrogen functional groups attached to an aromatic ring is 1. The number of hydrogen-bond acceptors (Lipinski definition) is 4. The van der Waals surface area contributed by atoms with Crippen molar-refractivity contribution in [2.24, 2.45) is 0 Å². The zero-order valence-electron chi connectivity index (χ0n) is 13.4. The molecule has 4 heteroatoms. The van der Waals surface area contributed by atoms with Gasteiger partial charge in [0.25, 0.3) is 0 Å². The summed E-state index contributed by atoms with van der Waals surface area (Å²) in [6.07, 6.45) is 0. The van der Waals surface area contributed by atoms with Gasteiger partial charge in [0.15, 0.2) is 0 Å². The van der Waals surface area contributed by atoms with Crippen LogP contribution in [0.15, 0.2) is 76.5 Å². The third kappa shape index (κ3) is 4.24. The zero-order chi connectivity index (χ0) is 16.9. The van der Waals surface area contributed by atoms with Gasteiger partial charge in [-0.3, -0.25) is 0 Å². The molecule has 0 aliphatic heterocycles. The summed E-state index contributed by atoms with van der Waals surface area (Å²) in [4.78, 5) is 1.98. The van der Waals surface area contributed by atoms with Crippen molar-refractivity contribution in [1.82, 2.24) is 0 Å². The highest BCUT2D eigenvalue weighted by molar-refractivity contribution is 7.99. The van der Waals surface area contributed by atoms with Gasteiger partial charge in [-0.2, -0.15) is 0 Å². The topological polar surface area (TPSA) is 55.5 Å². The summed E-state index contributed by atoms with van der Waals surface area (Å²) < 4.78 is 5.81. The molecule has 3 nitrogen and oxygen atoms in total. The molecule has 3 rings (SSSR count). The third-order valence-electron chi connectivity index (χ3n) is 3.57. The van der Waals surface area contributed by atoms with Crippen molar-refractivity contribution in [2.75, 3.05) is 5.73 Å². The Balaban J connectivity index is 1.65. The lowest BCUT2D eigenvalue weighted by Crippen LogP contribution is -1.97. The number of ether oxygens (including phenoxy) is 1. The van der Waals surface area contributed by atoms with Gasteiger partial charge in [0.05, 0.1) is 0 Å². The van der Waals surface area contributed by atoms with E-state index in [0.29, 0.717) is 12.3 Å². The first-order valence-electron chi connectivity index (χ1n) is 7.65. The highest BCUT2D eigenvalue weighted by Crippen LogP contribution is 2.34. The van der Waals surface area contributed by atoms with Crippen molar-refractivity contribution in [2.45, 2.75) is 23.3 Å². The lowest BCUT2D eigenvalue weighted by molar-refractivity contribution is 0.306. The summed E-state index contributed by atoms with van der Waals surface area (Å²) >= 11 is 1.56. The molecule has 0 heterocycles. The number of rotatable bonds is 5. The van der Waals surface area contributed by atoms with Crippen LogP contribution in [0.1, 0.15) is 11.1 Å². The number of hydrogen-bond donors (Lipinski definition) is 2. The number of nitrogens with two attached hydrogens (primary N) is 1. The number of benzene rings is 3. The summed E-state index contributed by atoms with van der Waals surface area (Å²) in [5.41, 5.74) is 9.17. The fourth-order valence-electron chi connectivity index (χ4n) is 2.20. The number of aryl methyl sites for hydroxylation is 1. The molecule has 0 spiro atoms. The number of phenolic OH excluding ortho intramolecular Hbond substituents is 1. The monoisotopic (exact) mass is 337 g/mol. The van der Waals surface area contributed by atoms with Crippen LogP contribution in [0.25, 0.3) is 0 Å². The van der Waals surface area contributed by atoms with Crippen molar-refractivity contribution in [3.8, 4) is 11.5 Å². The fraction of sp³-hybridized carbons (Fsp3) is 0.100. The van der Waals surface area contributed by atoms with Crippen LogP contribution in [0.2, 0.25) is 0 Å². The van der Waals surface area contributed by atoms with Gasteiger partial charge in [0.1, 0.15) is 18.1 Å². The van der Waals surface area contributed by atoms with Gasteiger partial charge in [-0.25, -0.2) is 0 Å². The molecule has 3 aromatic rings. The fourth-order valence-corrected chi connectivity index (χ4v) is 3.04. The molecule has 0 aliphatic carbocycles. The smallest absolute Gasteiger partial charge is 0.121 e. The molecule has 0 fully saturated rings. The molecule has 0 saturated heterocycles. The minimum atomic E-state index is 0.257. The molecule has 3 aromatic carbocycles. The Bertz CT molecular complexity index is 814. The van der Waals surface area contributed by atoms with Gasteiger partial charge in [0, 0.05) is 21.5 Å². The van der Waals surface area contributed by atoms with Crippen LogP contribution in [0, 0.1) is 6.92 Å². The Morgan fingerprint density at radius 2 is 1.67 bits per heavy atom. The predicted molar refractivity (Wildman–Crippen MR) is 98.6 cm³/mol. The van der Waals surface area contributed by atoms with E-state index in [0.717, 1.165) is 21.1 Å². The average molecular weight is 337 g/mol. The molecule has 122 valence electrons. The lowest BCUT2D eigenvalue weighted by atomic mass is 10.2. The Labute approximate surface area is 146 Å². The van der Waals surface area contributed by atoms with Gasteiger partial charge < -0.3 is 15.6 Å². The molecule has 0 amide bonds. The van der Waals surface area contributed by atoms with E-state index < -0.39 is 0 Å². The molecule has 0 aliphatic rings. The van der Waals surface area contributed by atoms with Gasteiger partial charge in [0.2, 0.25) is 0 Å². The lowest BCUT2D eigenvalue weighted by Gasteiger charge is -2.10. The molecule has 0 saturated carbocycles. The Kier molecular flexibility index (Phi) is 4.96. The van der Waals surface area contributed by atoms with Crippen LogP contribution in [-0.2, 0) is 6.61 Å². The average Bonchev–Trinajstić information content (AvgIpc) is 2.58. The van der Waals surface area contributed by atoms with Gasteiger partial charge in [-0.15, -0.1) is 0 Å². The van der Waals surface area contributed by atoms with Crippen LogP contribution in [0.5, 0.6) is 11.5 Å². The van der Waals surface area contributed by atoms with E-state index >= 15 is 0 Å². The highest BCUT2D eigenvalue weighted by atomic mass is 32.2. The summed E-state index contributed by atoms with van der Waals surface area (Å²) in [7, 11) is 0. The van der Waals surface area contributed by atoms with Crippen molar-refractivity contribution >= 4 is 17.4 Å². The molecule has 0 bridgehead atoms. The molecule has 0 radical (unpaired) electrons. The number of anilines is 1. The third-order valence-corrected chi connectivity index (χ3v) is 4.67. The molecule has 0 unspecified atom stereocenters. The van der Waals surface area contributed by atoms with E-state index in [-0.39, 0.29) is 5.75 Å². The molecule has 0 atom stereocenters. The van der Waals surface area contributed by atoms with Gasteiger partial charge in [-0.05, 0) is 48.9 Å². The van der Waals surface area contributed by atoms with Crippen LogP contribution in [0.3, 0.4) is 0 Å². The second-order valence-electron chi connectivity index (χ2n) is 5.57. The largest absolute Gasteiger partial charge is 0.508 e.